The van der Waals surface area contributed by atoms with Gasteiger partial charge in [-0.1, -0.05) is 44.3 Å². The first-order chi connectivity index (χ1) is 5.62. The summed E-state index contributed by atoms with van der Waals surface area (Å²) >= 11 is 0. The van der Waals surface area contributed by atoms with Gasteiger partial charge in [-0.15, -0.1) is 0 Å². The molecule has 1 unspecified atom stereocenters. The van der Waals surface area contributed by atoms with Crippen molar-refractivity contribution >= 4 is 24.6 Å². The molecule has 13 heavy (non-hydrogen) atoms. The molecule has 0 N–H and O–H groups in total. The monoisotopic (exact) mass is 240 g/mol. The maximum Gasteiger partial charge on any atom is 0.249 e. The summed E-state index contributed by atoms with van der Waals surface area (Å²) in [6, 6.07) is 0. The van der Waals surface area contributed by atoms with Crippen LogP contribution in [0, 0.1) is 5.92 Å². The van der Waals surface area contributed by atoms with Gasteiger partial charge in [0.05, 0.1) is 6.61 Å². The van der Waals surface area contributed by atoms with Crippen molar-refractivity contribution < 1.29 is 9.09 Å². The van der Waals surface area contributed by atoms with Gasteiger partial charge in [-0.3, -0.25) is 4.57 Å². The van der Waals surface area contributed by atoms with E-state index in [1.54, 1.807) is 17.5 Å². The van der Waals surface area contributed by atoms with E-state index >= 15 is 0 Å². The summed E-state index contributed by atoms with van der Waals surface area (Å²) in [6.07, 6.45) is 0. The summed E-state index contributed by atoms with van der Waals surface area (Å²) in [4.78, 5) is 0. The highest BCUT2D eigenvalue weighted by atomic mass is 32.9. The molecule has 0 radical (unpaired) electrons. The standard InChI is InChI=1S/C8H21O2PSSi/c1-8(2)7-10-11(3,9)12-13(4,5)6/h8H,7H2,1-6H3. The predicted molar refractivity (Wildman–Crippen MR) is 65.3 cm³/mol. The third kappa shape index (κ3) is 9.07. The molecule has 0 spiro atoms. The van der Waals surface area contributed by atoms with Gasteiger partial charge in [0.1, 0.15) is 7.22 Å². The molecule has 0 aromatic rings. The van der Waals surface area contributed by atoms with Crippen molar-refractivity contribution in [2.75, 3.05) is 13.3 Å². The minimum absolute atomic E-state index is 0.454. The fourth-order valence-corrected chi connectivity index (χ4v) is 15.2. The van der Waals surface area contributed by atoms with Crippen LogP contribution in [-0.4, -0.2) is 20.5 Å². The second kappa shape index (κ2) is 5.01. The molecule has 0 aliphatic carbocycles. The Balaban J connectivity index is 4.02. The van der Waals surface area contributed by atoms with Gasteiger partial charge >= 0.3 is 0 Å². The van der Waals surface area contributed by atoms with E-state index in [9.17, 15) is 4.57 Å². The van der Waals surface area contributed by atoms with Crippen molar-refractivity contribution in [1.82, 2.24) is 0 Å². The average Bonchev–Trinajstić information content (AvgIpc) is 1.78. The Morgan fingerprint density at radius 1 is 1.38 bits per heavy atom. The maximum absolute atomic E-state index is 11.9. The SMILES string of the molecule is CC(C)COP(C)(=O)S[Si](C)(C)C. The third-order valence-electron chi connectivity index (χ3n) is 1.08. The molecule has 2 nitrogen and oxygen atoms in total. The lowest BCUT2D eigenvalue weighted by Gasteiger charge is -2.21. The third-order valence-corrected chi connectivity index (χ3v) is 13.4. The Morgan fingerprint density at radius 3 is 2.15 bits per heavy atom. The largest absolute Gasteiger partial charge is 0.321 e. The first-order valence-corrected chi connectivity index (χ1v) is 12.3. The van der Waals surface area contributed by atoms with E-state index in [-0.39, 0.29) is 0 Å². The summed E-state index contributed by atoms with van der Waals surface area (Å²) in [5.41, 5.74) is 0. The summed E-state index contributed by atoms with van der Waals surface area (Å²) < 4.78 is 17.3. The molecule has 0 aliphatic rings. The summed E-state index contributed by atoms with van der Waals surface area (Å²) in [5.74, 6) is 0.454. The van der Waals surface area contributed by atoms with Crippen molar-refractivity contribution in [1.29, 1.82) is 0 Å². The van der Waals surface area contributed by atoms with Crippen LogP contribution in [-0.2, 0) is 9.09 Å². The zero-order chi connectivity index (χ0) is 10.7. The molecule has 0 aromatic heterocycles. The zero-order valence-electron chi connectivity index (χ0n) is 9.46. The molecule has 5 heteroatoms. The van der Waals surface area contributed by atoms with Crippen LogP contribution >= 0.6 is 17.4 Å². The van der Waals surface area contributed by atoms with Gasteiger partial charge < -0.3 is 4.52 Å². The van der Waals surface area contributed by atoms with E-state index in [1.165, 1.54) is 0 Å². The van der Waals surface area contributed by atoms with Gasteiger partial charge in [0, 0.05) is 6.66 Å². The van der Waals surface area contributed by atoms with Crippen LogP contribution in [0.3, 0.4) is 0 Å². The molecule has 1 atom stereocenters. The van der Waals surface area contributed by atoms with Gasteiger partial charge in [-0.25, -0.2) is 0 Å². The number of hydrogen-bond donors (Lipinski definition) is 0. The highest BCUT2D eigenvalue weighted by Crippen LogP contribution is 2.60. The van der Waals surface area contributed by atoms with Gasteiger partial charge in [0.25, 0.3) is 0 Å². The van der Waals surface area contributed by atoms with Crippen molar-refractivity contribution in [3.05, 3.63) is 0 Å². The van der Waals surface area contributed by atoms with Crippen LogP contribution in [0.5, 0.6) is 0 Å². The minimum Gasteiger partial charge on any atom is -0.321 e. The Morgan fingerprint density at radius 2 is 1.85 bits per heavy atom. The number of hydrogen-bond acceptors (Lipinski definition) is 3. The molecule has 0 heterocycles. The topological polar surface area (TPSA) is 26.3 Å². The predicted octanol–water partition coefficient (Wildman–Crippen LogP) is 4.05. The van der Waals surface area contributed by atoms with Crippen LogP contribution in [0.25, 0.3) is 0 Å². The molecule has 0 aromatic carbocycles. The fourth-order valence-electron chi connectivity index (χ4n) is 0.808. The summed E-state index contributed by atoms with van der Waals surface area (Å²) in [7, 11) is 0.237. The smallest absolute Gasteiger partial charge is 0.249 e. The van der Waals surface area contributed by atoms with Gasteiger partial charge in [0.2, 0.25) is 6.57 Å². The lowest BCUT2D eigenvalue weighted by Crippen LogP contribution is -2.14. The zero-order valence-corrected chi connectivity index (χ0v) is 12.2. The van der Waals surface area contributed by atoms with Crippen LogP contribution < -0.4 is 0 Å². The van der Waals surface area contributed by atoms with Gasteiger partial charge in [0.15, 0.2) is 0 Å². The summed E-state index contributed by atoms with van der Waals surface area (Å²) in [5, 5.41) is 0. The van der Waals surface area contributed by atoms with Crippen LogP contribution in [0.1, 0.15) is 13.8 Å². The quantitative estimate of drug-likeness (QED) is 0.535. The molecule has 0 rings (SSSR count). The van der Waals surface area contributed by atoms with Gasteiger partial charge in [-0.05, 0) is 5.92 Å². The molecule has 80 valence electrons. The Hall–Kier alpha value is 0.757. The molecule has 0 amide bonds. The van der Waals surface area contributed by atoms with Crippen LogP contribution in [0.4, 0.5) is 0 Å². The van der Waals surface area contributed by atoms with Gasteiger partial charge in [-0.2, -0.15) is 0 Å². The minimum atomic E-state index is -2.39. The highest BCUT2D eigenvalue weighted by molar-refractivity contribution is 8.71. The highest BCUT2D eigenvalue weighted by Gasteiger charge is 2.27. The Labute approximate surface area is 86.7 Å². The van der Waals surface area contributed by atoms with Crippen molar-refractivity contribution in [3.8, 4) is 0 Å². The Kier molecular flexibility index (Phi) is 5.30. The van der Waals surface area contributed by atoms with Crippen molar-refractivity contribution in [2.24, 2.45) is 5.92 Å². The van der Waals surface area contributed by atoms with E-state index in [4.69, 9.17) is 4.52 Å². The molecule has 0 fully saturated rings. The lowest BCUT2D eigenvalue weighted by molar-refractivity contribution is 0.282. The molecule has 0 bridgehead atoms. The maximum atomic E-state index is 11.9. The molecular weight excluding hydrogens is 219 g/mol. The lowest BCUT2D eigenvalue weighted by atomic mass is 10.2. The average molecular weight is 240 g/mol. The van der Waals surface area contributed by atoms with E-state index in [0.29, 0.717) is 12.5 Å². The van der Waals surface area contributed by atoms with E-state index in [2.05, 4.69) is 33.5 Å². The normalized spacial score (nSPS) is 17.5. The second-order valence-electron chi connectivity index (χ2n) is 4.66. The van der Waals surface area contributed by atoms with E-state index in [0.717, 1.165) is 0 Å². The van der Waals surface area contributed by atoms with Crippen LogP contribution in [0.2, 0.25) is 19.6 Å². The molecule has 0 aliphatic heterocycles. The summed E-state index contributed by atoms with van der Waals surface area (Å²) in [6.45, 7) is 10.6. The second-order valence-corrected chi connectivity index (χ2v) is 18.7. The molecular formula is C8H21O2PSSi. The van der Waals surface area contributed by atoms with Crippen molar-refractivity contribution in [2.45, 2.75) is 33.5 Å². The number of rotatable bonds is 5. The Bertz CT molecular complexity index is 201. The molecule has 0 saturated carbocycles. The van der Waals surface area contributed by atoms with Crippen molar-refractivity contribution in [3.63, 3.8) is 0 Å². The van der Waals surface area contributed by atoms with Crippen LogP contribution in [0.15, 0.2) is 0 Å². The first kappa shape index (κ1) is 13.8. The fraction of sp³-hybridized carbons (Fsp3) is 1.00. The molecule has 0 saturated heterocycles. The van der Waals surface area contributed by atoms with E-state index < -0.39 is 13.8 Å². The van der Waals surface area contributed by atoms with E-state index in [1.807, 2.05) is 0 Å². The first-order valence-electron chi connectivity index (χ1n) is 4.55.